The zero-order valence-corrected chi connectivity index (χ0v) is 14.3. The second-order valence-electron chi connectivity index (χ2n) is 5.13. The fourth-order valence-electron chi connectivity index (χ4n) is 2.70. The molecule has 0 saturated carbocycles. The minimum Gasteiger partial charge on any atom is -0.379 e. The lowest BCUT2D eigenvalue weighted by Gasteiger charge is -2.11. The predicted octanol–water partition coefficient (Wildman–Crippen LogP) is 5.51. The van der Waals surface area contributed by atoms with Crippen molar-refractivity contribution in [3.05, 3.63) is 63.2 Å². The van der Waals surface area contributed by atoms with Gasteiger partial charge in [0.15, 0.2) is 0 Å². The number of anilines is 1. The van der Waals surface area contributed by atoms with Crippen LogP contribution in [0.15, 0.2) is 46.9 Å². The fourth-order valence-corrected chi connectivity index (χ4v) is 3.52. The molecule has 2 aromatic carbocycles. The van der Waals surface area contributed by atoms with Crippen LogP contribution in [0.25, 0.3) is 10.9 Å². The number of para-hydroxylation sites is 1. The second kappa shape index (κ2) is 5.74. The Kier molecular flexibility index (Phi) is 3.96. The molecule has 3 aromatic rings. The first-order valence-corrected chi connectivity index (χ1v) is 7.97. The molecule has 0 aliphatic rings. The van der Waals surface area contributed by atoms with E-state index in [9.17, 15) is 0 Å². The summed E-state index contributed by atoms with van der Waals surface area (Å²) in [5, 5.41) is 5.51. The maximum atomic E-state index is 5.98. The predicted molar refractivity (Wildman–Crippen MR) is 94.1 cm³/mol. The van der Waals surface area contributed by atoms with Crippen molar-refractivity contribution in [3.63, 3.8) is 0 Å². The molecule has 0 spiro atoms. The molecular weight excluding hydrogens is 348 g/mol. The van der Waals surface area contributed by atoms with Gasteiger partial charge in [-0.15, -0.1) is 0 Å². The number of aromatic nitrogens is 1. The summed E-state index contributed by atoms with van der Waals surface area (Å²) in [6.07, 6.45) is 0. The summed E-state index contributed by atoms with van der Waals surface area (Å²) in [5.74, 6) is 0. The number of aryl methyl sites for hydroxylation is 2. The number of halogens is 2. The van der Waals surface area contributed by atoms with Gasteiger partial charge < -0.3 is 9.88 Å². The summed E-state index contributed by atoms with van der Waals surface area (Å²) in [6, 6.07) is 14.3. The summed E-state index contributed by atoms with van der Waals surface area (Å²) in [5.41, 5.74) is 4.93. The summed E-state index contributed by atoms with van der Waals surface area (Å²) in [7, 11) is 2.11. The number of rotatable bonds is 3. The Bertz CT molecular complexity index is 769. The van der Waals surface area contributed by atoms with Crippen LogP contribution in [-0.2, 0) is 13.6 Å². The van der Waals surface area contributed by atoms with Gasteiger partial charge in [0.05, 0.1) is 6.54 Å². The lowest BCUT2D eigenvalue weighted by Crippen LogP contribution is -2.06. The van der Waals surface area contributed by atoms with Crippen molar-refractivity contribution < 1.29 is 0 Å². The van der Waals surface area contributed by atoms with Crippen LogP contribution < -0.4 is 5.32 Å². The summed E-state index contributed by atoms with van der Waals surface area (Å²) in [6.45, 7) is 2.95. The van der Waals surface area contributed by atoms with Gasteiger partial charge in [-0.05, 0) is 52.7 Å². The van der Waals surface area contributed by atoms with Crippen LogP contribution in [0.1, 0.15) is 11.3 Å². The van der Waals surface area contributed by atoms with Gasteiger partial charge in [-0.25, -0.2) is 0 Å². The molecule has 0 atom stereocenters. The molecule has 0 amide bonds. The molecule has 3 rings (SSSR count). The van der Waals surface area contributed by atoms with Crippen molar-refractivity contribution in [1.29, 1.82) is 0 Å². The molecule has 21 heavy (non-hydrogen) atoms. The number of hydrogen-bond acceptors (Lipinski definition) is 1. The quantitative estimate of drug-likeness (QED) is 0.649. The normalized spacial score (nSPS) is 11.0. The van der Waals surface area contributed by atoms with Crippen LogP contribution in [0.3, 0.4) is 0 Å². The maximum absolute atomic E-state index is 5.98. The first-order chi connectivity index (χ1) is 10.1. The molecule has 1 aromatic heterocycles. The Balaban J connectivity index is 1.92. The second-order valence-corrected chi connectivity index (χ2v) is 6.42. The molecule has 0 aliphatic carbocycles. The molecule has 0 unspecified atom stereocenters. The Morgan fingerprint density at radius 3 is 2.67 bits per heavy atom. The van der Waals surface area contributed by atoms with E-state index in [1.54, 1.807) is 0 Å². The number of fused-ring (bicyclic) bond motifs is 1. The van der Waals surface area contributed by atoms with E-state index in [-0.39, 0.29) is 0 Å². The number of nitrogens with one attached hydrogen (secondary N) is 1. The third-order valence-corrected chi connectivity index (χ3v) is 4.78. The van der Waals surface area contributed by atoms with E-state index in [2.05, 4.69) is 64.1 Å². The minimum absolute atomic E-state index is 0.730. The summed E-state index contributed by atoms with van der Waals surface area (Å²) in [4.78, 5) is 0. The van der Waals surface area contributed by atoms with Crippen molar-refractivity contribution >= 4 is 44.1 Å². The van der Waals surface area contributed by atoms with Crippen molar-refractivity contribution in [2.45, 2.75) is 13.5 Å². The molecule has 1 N–H and O–H groups in total. The van der Waals surface area contributed by atoms with Gasteiger partial charge in [-0.1, -0.05) is 29.8 Å². The van der Waals surface area contributed by atoms with Gasteiger partial charge in [0, 0.05) is 38.8 Å². The largest absolute Gasteiger partial charge is 0.379 e. The van der Waals surface area contributed by atoms with Crippen LogP contribution in [0.2, 0.25) is 5.02 Å². The van der Waals surface area contributed by atoms with E-state index in [1.165, 1.54) is 22.2 Å². The molecule has 0 radical (unpaired) electrons. The fraction of sp³-hybridized carbons (Fsp3) is 0.176. The number of nitrogens with zero attached hydrogens (tertiary/aromatic N) is 1. The highest BCUT2D eigenvalue weighted by molar-refractivity contribution is 9.10. The van der Waals surface area contributed by atoms with Crippen LogP contribution in [0.4, 0.5) is 5.69 Å². The molecule has 0 aliphatic heterocycles. The summed E-state index contributed by atoms with van der Waals surface area (Å²) < 4.78 is 3.23. The summed E-state index contributed by atoms with van der Waals surface area (Å²) >= 11 is 9.51. The van der Waals surface area contributed by atoms with E-state index in [0.717, 1.165) is 21.7 Å². The maximum Gasteiger partial charge on any atom is 0.0556 e. The zero-order valence-electron chi connectivity index (χ0n) is 12.0. The van der Waals surface area contributed by atoms with E-state index in [0.29, 0.717) is 0 Å². The van der Waals surface area contributed by atoms with Gasteiger partial charge in [0.2, 0.25) is 0 Å². The van der Waals surface area contributed by atoms with E-state index < -0.39 is 0 Å². The van der Waals surface area contributed by atoms with Gasteiger partial charge in [-0.3, -0.25) is 0 Å². The van der Waals surface area contributed by atoms with Crippen LogP contribution in [-0.4, -0.2) is 4.57 Å². The highest BCUT2D eigenvalue weighted by Gasteiger charge is 2.11. The molecule has 0 saturated heterocycles. The first kappa shape index (κ1) is 14.5. The van der Waals surface area contributed by atoms with E-state index in [1.807, 2.05) is 18.2 Å². The van der Waals surface area contributed by atoms with E-state index >= 15 is 0 Å². The molecular formula is C17H16BrClN2. The van der Waals surface area contributed by atoms with Crippen molar-refractivity contribution in [3.8, 4) is 0 Å². The SMILES string of the molecule is Cc1c(CNc2ccc(Cl)cc2Br)n(C)c2ccccc12. The number of benzene rings is 2. The standard InChI is InChI=1S/C17H16BrClN2/c1-11-13-5-3-4-6-16(13)21(2)17(11)10-20-15-8-7-12(19)9-14(15)18/h3-9,20H,10H2,1-2H3. The first-order valence-electron chi connectivity index (χ1n) is 6.79. The van der Waals surface area contributed by atoms with Crippen molar-refractivity contribution in [2.24, 2.45) is 7.05 Å². The van der Waals surface area contributed by atoms with Gasteiger partial charge in [0.25, 0.3) is 0 Å². The van der Waals surface area contributed by atoms with Crippen molar-refractivity contribution in [1.82, 2.24) is 4.57 Å². The van der Waals surface area contributed by atoms with Crippen LogP contribution >= 0.6 is 27.5 Å². The molecule has 2 nitrogen and oxygen atoms in total. The smallest absolute Gasteiger partial charge is 0.0556 e. The molecule has 1 heterocycles. The minimum atomic E-state index is 0.730. The van der Waals surface area contributed by atoms with Gasteiger partial charge >= 0.3 is 0 Å². The lowest BCUT2D eigenvalue weighted by atomic mass is 10.1. The molecule has 108 valence electrons. The number of hydrogen-bond donors (Lipinski definition) is 1. The molecule has 4 heteroatoms. The van der Waals surface area contributed by atoms with Crippen LogP contribution in [0, 0.1) is 6.92 Å². The highest BCUT2D eigenvalue weighted by atomic mass is 79.9. The highest BCUT2D eigenvalue weighted by Crippen LogP contribution is 2.28. The van der Waals surface area contributed by atoms with Gasteiger partial charge in [-0.2, -0.15) is 0 Å². The Morgan fingerprint density at radius 2 is 1.95 bits per heavy atom. The Morgan fingerprint density at radius 1 is 1.19 bits per heavy atom. The lowest BCUT2D eigenvalue weighted by molar-refractivity contribution is 0.862. The van der Waals surface area contributed by atoms with Crippen LogP contribution in [0.5, 0.6) is 0 Å². The molecule has 0 bridgehead atoms. The monoisotopic (exact) mass is 362 g/mol. The third-order valence-electron chi connectivity index (χ3n) is 3.88. The average Bonchev–Trinajstić information content (AvgIpc) is 2.71. The molecule has 0 fully saturated rings. The third kappa shape index (κ3) is 2.68. The average molecular weight is 364 g/mol. The Hall–Kier alpha value is -1.45. The topological polar surface area (TPSA) is 17.0 Å². The van der Waals surface area contributed by atoms with E-state index in [4.69, 9.17) is 11.6 Å². The van der Waals surface area contributed by atoms with Gasteiger partial charge in [0.1, 0.15) is 0 Å². The zero-order chi connectivity index (χ0) is 15.0. The van der Waals surface area contributed by atoms with Crippen molar-refractivity contribution in [2.75, 3.05) is 5.32 Å². The Labute approximate surface area is 137 Å².